The Balaban J connectivity index is 2.17. The molecule has 2 rings (SSSR count). The fourth-order valence-electron chi connectivity index (χ4n) is 2.18. The molecule has 0 radical (unpaired) electrons. The Hall–Kier alpha value is -2.56. The minimum Gasteiger partial charge on any atom is -0.507 e. The summed E-state index contributed by atoms with van der Waals surface area (Å²) in [5, 5.41) is 12.8. The molecule has 4 N–H and O–H groups in total. The Bertz CT molecular complexity index is 676. The molecule has 0 aromatic heterocycles. The third-order valence-corrected chi connectivity index (χ3v) is 3.28. The summed E-state index contributed by atoms with van der Waals surface area (Å²) in [6.45, 7) is 4.15. The highest BCUT2D eigenvalue weighted by Crippen LogP contribution is 2.23. The maximum atomic E-state index is 13.4. The first-order valence-electron chi connectivity index (χ1n) is 6.51. The van der Waals surface area contributed by atoms with E-state index in [9.17, 15) is 14.3 Å². The monoisotopic (exact) mass is 288 g/mol. The van der Waals surface area contributed by atoms with Crippen LogP contribution < -0.4 is 11.1 Å². The van der Waals surface area contributed by atoms with Gasteiger partial charge in [0, 0.05) is 12.2 Å². The van der Waals surface area contributed by atoms with E-state index in [1.54, 1.807) is 6.07 Å². The number of aryl methyl sites for hydroxylation is 2. The van der Waals surface area contributed by atoms with Crippen LogP contribution in [0, 0.1) is 19.7 Å². The number of aromatic hydroxyl groups is 1. The Morgan fingerprint density at radius 3 is 2.43 bits per heavy atom. The van der Waals surface area contributed by atoms with Crippen LogP contribution in [0.4, 0.5) is 10.1 Å². The molecule has 0 saturated carbocycles. The smallest absolute Gasteiger partial charge is 0.251 e. The van der Waals surface area contributed by atoms with Crippen molar-refractivity contribution in [1.29, 1.82) is 0 Å². The second-order valence-corrected chi connectivity index (χ2v) is 4.99. The van der Waals surface area contributed by atoms with Crippen LogP contribution in [0.15, 0.2) is 30.3 Å². The number of carbonyl (C=O) groups is 1. The normalized spacial score (nSPS) is 10.4. The van der Waals surface area contributed by atoms with Gasteiger partial charge in [0.1, 0.15) is 11.6 Å². The first-order chi connectivity index (χ1) is 9.88. The number of nitrogens with one attached hydrogen (secondary N) is 1. The average molecular weight is 288 g/mol. The molecule has 1 amide bonds. The van der Waals surface area contributed by atoms with Crippen molar-refractivity contribution >= 4 is 11.6 Å². The summed E-state index contributed by atoms with van der Waals surface area (Å²) < 4.78 is 13.4. The number of anilines is 1. The van der Waals surface area contributed by atoms with E-state index in [0.29, 0.717) is 12.2 Å². The van der Waals surface area contributed by atoms with E-state index < -0.39 is 11.7 Å². The van der Waals surface area contributed by atoms with Crippen molar-refractivity contribution in [2.75, 3.05) is 5.32 Å². The lowest BCUT2D eigenvalue weighted by atomic mass is 10.1. The fourth-order valence-corrected chi connectivity index (χ4v) is 2.18. The van der Waals surface area contributed by atoms with Gasteiger partial charge in [0.25, 0.3) is 5.91 Å². The molecule has 0 spiro atoms. The number of benzene rings is 2. The minimum absolute atomic E-state index is 0.141. The van der Waals surface area contributed by atoms with Gasteiger partial charge in [-0.15, -0.1) is 0 Å². The summed E-state index contributed by atoms with van der Waals surface area (Å²) in [6, 6.07) is 7.87. The predicted molar refractivity (Wildman–Crippen MR) is 79.8 cm³/mol. The predicted octanol–water partition coefficient (Wildman–Crippen LogP) is 2.86. The highest BCUT2D eigenvalue weighted by Gasteiger charge is 2.09. The van der Waals surface area contributed by atoms with E-state index in [2.05, 4.69) is 5.32 Å². The highest BCUT2D eigenvalue weighted by atomic mass is 19.1. The Labute approximate surface area is 122 Å². The summed E-state index contributed by atoms with van der Waals surface area (Å²) >= 11 is 0. The Morgan fingerprint density at radius 1 is 1.24 bits per heavy atom. The second-order valence-electron chi connectivity index (χ2n) is 4.99. The Kier molecular flexibility index (Phi) is 4.12. The van der Waals surface area contributed by atoms with E-state index in [1.807, 2.05) is 26.0 Å². The van der Waals surface area contributed by atoms with E-state index in [1.165, 1.54) is 12.1 Å². The largest absolute Gasteiger partial charge is 0.507 e. The molecule has 0 saturated heterocycles. The number of primary amides is 1. The zero-order chi connectivity index (χ0) is 15.6. The summed E-state index contributed by atoms with van der Waals surface area (Å²) in [7, 11) is 0. The number of halogens is 1. The van der Waals surface area contributed by atoms with Crippen LogP contribution in [0.5, 0.6) is 5.75 Å². The molecular weight excluding hydrogens is 271 g/mol. The number of amides is 1. The number of rotatable bonds is 4. The van der Waals surface area contributed by atoms with Crippen LogP contribution in [0.1, 0.15) is 27.0 Å². The second kappa shape index (κ2) is 5.83. The zero-order valence-electron chi connectivity index (χ0n) is 11.9. The molecule has 0 aliphatic carbocycles. The number of hydrogen-bond acceptors (Lipinski definition) is 3. The molecule has 0 bridgehead atoms. The van der Waals surface area contributed by atoms with Gasteiger partial charge in [-0.25, -0.2) is 4.39 Å². The van der Waals surface area contributed by atoms with Crippen LogP contribution in [-0.4, -0.2) is 11.0 Å². The van der Waals surface area contributed by atoms with Crippen LogP contribution in [0.3, 0.4) is 0 Å². The summed E-state index contributed by atoms with van der Waals surface area (Å²) in [5.74, 6) is -1.15. The molecule has 5 heteroatoms. The Morgan fingerprint density at radius 2 is 1.86 bits per heavy atom. The number of phenols is 1. The molecule has 0 aliphatic rings. The lowest BCUT2D eigenvalue weighted by Crippen LogP contribution is -2.13. The molecule has 0 fully saturated rings. The summed E-state index contributed by atoms with van der Waals surface area (Å²) in [4.78, 5) is 11.1. The SMILES string of the molecule is Cc1cc(CNc2ccc(F)c(C(N)=O)c2)cc(C)c1O. The average Bonchev–Trinajstić information content (AvgIpc) is 2.43. The van der Waals surface area contributed by atoms with Crippen molar-refractivity contribution in [3.63, 3.8) is 0 Å². The topological polar surface area (TPSA) is 75.3 Å². The van der Waals surface area contributed by atoms with Gasteiger partial charge in [-0.2, -0.15) is 0 Å². The van der Waals surface area contributed by atoms with Crippen LogP contribution in [-0.2, 0) is 6.54 Å². The van der Waals surface area contributed by atoms with Gasteiger partial charge in [-0.1, -0.05) is 12.1 Å². The van der Waals surface area contributed by atoms with Crippen molar-refractivity contribution in [2.24, 2.45) is 5.73 Å². The van der Waals surface area contributed by atoms with Crippen molar-refractivity contribution in [1.82, 2.24) is 0 Å². The van der Waals surface area contributed by atoms with E-state index in [0.717, 1.165) is 16.7 Å². The summed E-state index contributed by atoms with van der Waals surface area (Å²) in [6.07, 6.45) is 0. The van der Waals surface area contributed by atoms with E-state index in [-0.39, 0.29) is 11.3 Å². The van der Waals surface area contributed by atoms with E-state index in [4.69, 9.17) is 5.73 Å². The third-order valence-electron chi connectivity index (χ3n) is 3.28. The van der Waals surface area contributed by atoms with Gasteiger partial charge >= 0.3 is 0 Å². The lowest BCUT2D eigenvalue weighted by Gasteiger charge is -2.11. The lowest BCUT2D eigenvalue weighted by molar-refractivity contribution is 0.0996. The molecule has 0 heterocycles. The van der Waals surface area contributed by atoms with Crippen molar-refractivity contribution in [2.45, 2.75) is 20.4 Å². The fraction of sp³-hybridized carbons (Fsp3) is 0.188. The number of phenolic OH excluding ortho intramolecular Hbond substituents is 1. The standard InChI is InChI=1S/C16H17FN2O2/c1-9-5-11(6-10(2)15(9)20)8-19-12-3-4-14(17)13(7-12)16(18)21/h3-7,19-20H,8H2,1-2H3,(H2,18,21). The third kappa shape index (κ3) is 3.31. The molecule has 4 nitrogen and oxygen atoms in total. The maximum Gasteiger partial charge on any atom is 0.251 e. The van der Waals surface area contributed by atoms with Crippen molar-refractivity contribution < 1.29 is 14.3 Å². The quantitative estimate of drug-likeness (QED) is 0.809. The van der Waals surface area contributed by atoms with E-state index >= 15 is 0 Å². The molecule has 110 valence electrons. The van der Waals surface area contributed by atoms with Gasteiger partial charge in [-0.05, 0) is 48.7 Å². The van der Waals surface area contributed by atoms with Crippen LogP contribution >= 0.6 is 0 Å². The first kappa shape index (κ1) is 14.8. The molecule has 2 aromatic rings. The first-order valence-corrected chi connectivity index (χ1v) is 6.51. The molecule has 0 atom stereocenters. The van der Waals surface area contributed by atoms with Crippen molar-refractivity contribution in [3.05, 3.63) is 58.4 Å². The number of carbonyl (C=O) groups excluding carboxylic acids is 1. The van der Waals surface area contributed by atoms with Crippen LogP contribution in [0.2, 0.25) is 0 Å². The maximum absolute atomic E-state index is 13.4. The summed E-state index contributed by atoms with van der Waals surface area (Å²) in [5.41, 5.74) is 8.15. The van der Waals surface area contributed by atoms with Gasteiger partial charge in [-0.3, -0.25) is 4.79 Å². The van der Waals surface area contributed by atoms with Crippen molar-refractivity contribution in [3.8, 4) is 5.75 Å². The van der Waals surface area contributed by atoms with Gasteiger partial charge in [0.2, 0.25) is 0 Å². The number of nitrogens with two attached hydrogens (primary N) is 1. The molecule has 2 aromatic carbocycles. The molecular formula is C16H17FN2O2. The molecule has 21 heavy (non-hydrogen) atoms. The van der Waals surface area contributed by atoms with Gasteiger partial charge < -0.3 is 16.2 Å². The highest BCUT2D eigenvalue weighted by molar-refractivity contribution is 5.94. The number of hydrogen-bond donors (Lipinski definition) is 3. The van der Waals surface area contributed by atoms with Gasteiger partial charge in [0.15, 0.2) is 0 Å². The molecule has 0 aliphatic heterocycles. The molecule has 0 unspecified atom stereocenters. The van der Waals surface area contributed by atoms with Crippen LogP contribution in [0.25, 0.3) is 0 Å². The van der Waals surface area contributed by atoms with Gasteiger partial charge in [0.05, 0.1) is 5.56 Å². The zero-order valence-corrected chi connectivity index (χ0v) is 11.9. The minimum atomic E-state index is -0.799.